The molecule has 0 saturated carbocycles. The molecule has 1 heterocycles. The highest BCUT2D eigenvalue weighted by atomic mass is 35.5. The maximum Gasteiger partial charge on any atom is 0.341 e. The Labute approximate surface area is 204 Å². The fourth-order valence-electron chi connectivity index (χ4n) is 4.02. The van der Waals surface area contributed by atoms with Crippen LogP contribution in [0, 0.1) is 23.3 Å². The molecular weight excluding hydrogens is 486 g/mol. The monoisotopic (exact) mass is 505 g/mol. The zero-order chi connectivity index (χ0) is 25.1. The summed E-state index contributed by atoms with van der Waals surface area (Å²) in [7, 11) is 0. The van der Waals surface area contributed by atoms with Crippen LogP contribution in [-0.2, 0) is 11.3 Å². The third-order valence-corrected chi connectivity index (χ3v) is 5.83. The predicted molar refractivity (Wildman–Crippen MR) is 123 cm³/mol. The van der Waals surface area contributed by atoms with E-state index in [1.165, 1.54) is 18.3 Å². The van der Waals surface area contributed by atoms with E-state index in [4.69, 9.17) is 21.1 Å². The van der Waals surface area contributed by atoms with E-state index in [2.05, 4.69) is 4.98 Å². The van der Waals surface area contributed by atoms with Gasteiger partial charge in [0.2, 0.25) is 5.88 Å². The molecule has 0 saturated heterocycles. The van der Waals surface area contributed by atoms with Gasteiger partial charge in [-0.1, -0.05) is 17.7 Å². The number of pyridine rings is 1. The van der Waals surface area contributed by atoms with E-state index in [0.29, 0.717) is 35.1 Å². The Hall–Kier alpha value is -3.39. The zero-order valence-electron chi connectivity index (χ0n) is 18.6. The largest absolute Gasteiger partial charge is 0.472 e. The summed E-state index contributed by atoms with van der Waals surface area (Å²) in [6.45, 7) is 1.36. The molecule has 1 aromatic heterocycles. The lowest BCUT2D eigenvalue weighted by Gasteiger charge is -2.15. The molecule has 0 unspecified atom stereocenters. The molecule has 3 aromatic rings. The number of halogens is 5. The third kappa shape index (κ3) is 5.32. The summed E-state index contributed by atoms with van der Waals surface area (Å²) < 4.78 is 65.8. The van der Waals surface area contributed by atoms with E-state index >= 15 is 0 Å². The molecule has 4 nitrogen and oxygen atoms in total. The van der Waals surface area contributed by atoms with E-state index in [1.54, 1.807) is 19.1 Å². The van der Waals surface area contributed by atoms with Gasteiger partial charge in [0.25, 0.3) is 0 Å². The predicted octanol–water partition coefficient (Wildman–Crippen LogP) is 7.14. The maximum absolute atomic E-state index is 14.3. The van der Waals surface area contributed by atoms with E-state index in [0.717, 1.165) is 23.6 Å². The van der Waals surface area contributed by atoms with Crippen molar-refractivity contribution >= 4 is 28.7 Å². The number of allylic oxidation sites excluding steroid dienone is 2. The van der Waals surface area contributed by atoms with Crippen molar-refractivity contribution < 1.29 is 31.8 Å². The van der Waals surface area contributed by atoms with Gasteiger partial charge in [-0.2, -0.15) is 0 Å². The number of ether oxygens (including phenoxy) is 2. The van der Waals surface area contributed by atoms with Crippen LogP contribution in [0.1, 0.15) is 53.2 Å². The van der Waals surface area contributed by atoms with E-state index in [9.17, 15) is 22.4 Å². The fraction of sp³-hybridized carbons (Fsp3) is 0.231. The zero-order valence-corrected chi connectivity index (χ0v) is 19.4. The second kappa shape index (κ2) is 10.5. The lowest BCUT2D eigenvalue weighted by Crippen LogP contribution is -2.08. The van der Waals surface area contributed by atoms with Crippen LogP contribution < -0.4 is 4.74 Å². The van der Waals surface area contributed by atoms with Gasteiger partial charge in [0.1, 0.15) is 18.2 Å². The first-order valence-corrected chi connectivity index (χ1v) is 11.3. The van der Waals surface area contributed by atoms with Gasteiger partial charge in [-0.05, 0) is 67.2 Å². The maximum atomic E-state index is 14.3. The second-order valence-electron chi connectivity index (χ2n) is 7.88. The van der Waals surface area contributed by atoms with Gasteiger partial charge in [-0.3, -0.25) is 0 Å². The number of carbonyl (C=O) groups excluding carboxylic acids is 1. The van der Waals surface area contributed by atoms with Crippen molar-refractivity contribution in [3.63, 3.8) is 0 Å². The minimum atomic E-state index is -1.29. The van der Waals surface area contributed by atoms with Crippen molar-refractivity contribution in [2.45, 2.75) is 32.8 Å². The Morgan fingerprint density at radius 2 is 1.71 bits per heavy atom. The fourth-order valence-corrected chi connectivity index (χ4v) is 4.17. The summed E-state index contributed by atoms with van der Waals surface area (Å²) in [5, 5.41) is 0.330. The first-order chi connectivity index (χ1) is 16.8. The number of carbonyl (C=O) groups is 1. The van der Waals surface area contributed by atoms with E-state index in [-0.39, 0.29) is 23.6 Å². The second-order valence-corrected chi connectivity index (χ2v) is 8.31. The van der Waals surface area contributed by atoms with Crippen LogP contribution in [-0.4, -0.2) is 17.6 Å². The van der Waals surface area contributed by atoms with Crippen molar-refractivity contribution in [1.82, 2.24) is 4.98 Å². The lowest BCUT2D eigenvalue weighted by molar-refractivity contribution is 0.0521. The highest BCUT2D eigenvalue weighted by Crippen LogP contribution is 2.43. The summed E-state index contributed by atoms with van der Waals surface area (Å²) in [6, 6.07) is 7.07. The minimum absolute atomic E-state index is 0.115. The van der Waals surface area contributed by atoms with Crippen molar-refractivity contribution in [2.75, 3.05) is 6.61 Å². The molecule has 182 valence electrons. The topological polar surface area (TPSA) is 48.4 Å². The first-order valence-electron chi connectivity index (χ1n) is 10.9. The Morgan fingerprint density at radius 3 is 2.49 bits per heavy atom. The Morgan fingerprint density at radius 1 is 0.971 bits per heavy atom. The van der Waals surface area contributed by atoms with Gasteiger partial charge in [-0.25, -0.2) is 27.3 Å². The van der Waals surface area contributed by atoms with Crippen molar-refractivity contribution in [3.8, 4) is 5.88 Å². The number of esters is 1. The van der Waals surface area contributed by atoms with Crippen LogP contribution in [0.25, 0.3) is 11.1 Å². The molecule has 2 aromatic carbocycles. The van der Waals surface area contributed by atoms with Crippen molar-refractivity contribution in [3.05, 3.63) is 93.1 Å². The Balaban J connectivity index is 1.72. The number of nitrogens with zero attached hydrogens (tertiary/aromatic N) is 1. The van der Waals surface area contributed by atoms with Crippen LogP contribution in [0.5, 0.6) is 5.88 Å². The molecule has 0 amide bonds. The number of hydrogen-bond acceptors (Lipinski definition) is 4. The minimum Gasteiger partial charge on any atom is -0.472 e. The van der Waals surface area contributed by atoms with Crippen LogP contribution in [0.4, 0.5) is 17.6 Å². The van der Waals surface area contributed by atoms with Crippen LogP contribution in [0.3, 0.4) is 0 Å². The molecule has 0 bridgehead atoms. The summed E-state index contributed by atoms with van der Waals surface area (Å²) in [5.74, 6) is -4.75. The number of benzene rings is 2. The smallest absolute Gasteiger partial charge is 0.341 e. The van der Waals surface area contributed by atoms with Crippen LogP contribution >= 0.6 is 11.6 Å². The summed E-state index contributed by atoms with van der Waals surface area (Å²) in [5.41, 5.74) is 2.50. The van der Waals surface area contributed by atoms with Crippen LogP contribution in [0.2, 0.25) is 5.02 Å². The van der Waals surface area contributed by atoms with E-state index < -0.39 is 35.8 Å². The molecule has 1 aliphatic carbocycles. The summed E-state index contributed by atoms with van der Waals surface area (Å²) in [6.07, 6.45) is 3.40. The van der Waals surface area contributed by atoms with Crippen molar-refractivity contribution in [2.24, 2.45) is 0 Å². The molecule has 0 N–H and O–H groups in total. The molecule has 0 spiro atoms. The molecule has 0 aliphatic heterocycles. The third-order valence-electron chi connectivity index (χ3n) is 5.62. The van der Waals surface area contributed by atoms with Gasteiger partial charge in [0.15, 0.2) is 11.6 Å². The molecule has 1 aliphatic rings. The normalized spacial score (nSPS) is 13.3. The van der Waals surface area contributed by atoms with Crippen LogP contribution in [0.15, 0.2) is 42.6 Å². The molecular formula is C26H20ClF4NO3. The van der Waals surface area contributed by atoms with Crippen molar-refractivity contribution in [1.29, 1.82) is 0 Å². The number of aromatic nitrogens is 1. The quantitative estimate of drug-likeness (QED) is 0.194. The number of rotatable bonds is 7. The highest BCUT2D eigenvalue weighted by molar-refractivity contribution is 6.30. The molecule has 4 rings (SSSR count). The van der Waals surface area contributed by atoms with Gasteiger partial charge >= 0.3 is 5.97 Å². The molecule has 0 atom stereocenters. The Kier molecular flexibility index (Phi) is 7.40. The van der Waals surface area contributed by atoms with Gasteiger partial charge in [0.05, 0.1) is 17.2 Å². The van der Waals surface area contributed by atoms with E-state index in [1.807, 2.05) is 0 Å². The standard InChI is InChI=1S/C26H20ClF4NO3/c1-2-34-26(33)20-8-14(6-7-21(20)28)17-4-3-5-18(17)19-10-16(27)12-32-25(19)35-13-15-9-23(30)24(31)11-22(15)29/h6-12H,2-5,13H2,1H3. The summed E-state index contributed by atoms with van der Waals surface area (Å²) in [4.78, 5) is 16.4. The van der Waals surface area contributed by atoms with Gasteiger partial charge in [-0.15, -0.1) is 0 Å². The molecule has 0 fully saturated rings. The lowest BCUT2D eigenvalue weighted by atomic mass is 9.96. The molecule has 0 radical (unpaired) electrons. The van der Waals surface area contributed by atoms with Gasteiger partial charge < -0.3 is 9.47 Å². The Bertz CT molecular complexity index is 1330. The molecule has 9 heteroatoms. The first kappa shape index (κ1) is 24.7. The average molecular weight is 506 g/mol. The van der Waals surface area contributed by atoms with Gasteiger partial charge in [0, 0.05) is 23.4 Å². The molecule has 35 heavy (non-hydrogen) atoms. The highest BCUT2D eigenvalue weighted by Gasteiger charge is 2.24. The SMILES string of the molecule is CCOC(=O)c1cc(C2=C(c3cc(Cl)cnc3OCc3cc(F)c(F)cc3F)CCC2)ccc1F. The summed E-state index contributed by atoms with van der Waals surface area (Å²) >= 11 is 6.19. The average Bonchev–Trinajstić information content (AvgIpc) is 3.31. The number of hydrogen-bond donors (Lipinski definition) is 0.